The molecule has 0 spiro atoms. The van der Waals surface area contributed by atoms with Gasteiger partial charge in [-0.3, -0.25) is 4.79 Å². The van der Waals surface area contributed by atoms with Crippen molar-refractivity contribution in [2.45, 2.75) is 13.8 Å². The molecule has 0 fully saturated rings. The summed E-state index contributed by atoms with van der Waals surface area (Å²) in [5.41, 5.74) is 0.830. The summed E-state index contributed by atoms with van der Waals surface area (Å²) < 4.78 is 10.4. The van der Waals surface area contributed by atoms with Crippen molar-refractivity contribution in [2.24, 2.45) is 0 Å². The molecule has 94 valence electrons. The quantitative estimate of drug-likeness (QED) is 0.585. The molecule has 0 atom stereocenters. The summed E-state index contributed by atoms with van der Waals surface area (Å²) in [5, 5.41) is 10.7. The first-order valence-electron chi connectivity index (χ1n) is 5.36. The Bertz CT molecular complexity index is 675. The van der Waals surface area contributed by atoms with Gasteiger partial charge in [-0.2, -0.15) is 0 Å². The van der Waals surface area contributed by atoms with E-state index in [1.165, 1.54) is 6.07 Å². The molecule has 0 radical (unpaired) electrons. The molecule has 0 bridgehead atoms. The number of hydrogen-bond acceptors (Lipinski definition) is 5. The number of carbonyl (C=O) groups is 1. The average molecular weight is 286 g/mol. The standard InChI is InChI=1S/C13H12O5.K/c1-7-8(2)18-11-4-3-9(17-6-12(14)15)5-10(11)13(7)16;/h3-5H,6H2,1-2H3,(H,14,15);/q;+1/p-1. The Morgan fingerprint density at radius 2 is 2.05 bits per heavy atom. The number of aryl methyl sites for hydroxylation is 1. The number of carbonyl (C=O) groups excluding carboxylic acids is 1. The fraction of sp³-hybridized carbons (Fsp3) is 0.231. The van der Waals surface area contributed by atoms with E-state index >= 15 is 0 Å². The maximum absolute atomic E-state index is 12.0. The Morgan fingerprint density at radius 3 is 2.68 bits per heavy atom. The van der Waals surface area contributed by atoms with Crippen LogP contribution in [0.15, 0.2) is 27.4 Å². The van der Waals surface area contributed by atoms with Crippen LogP contribution in [0.2, 0.25) is 0 Å². The molecule has 1 aromatic carbocycles. The molecule has 1 aromatic heterocycles. The predicted molar refractivity (Wildman–Crippen MR) is 62.5 cm³/mol. The van der Waals surface area contributed by atoms with Crippen LogP contribution in [0.3, 0.4) is 0 Å². The minimum atomic E-state index is -1.32. The fourth-order valence-corrected chi connectivity index (χ4v) is 1.61. The summed E-state index contributed by atoms with van der Waals surface area (Å²) in [5.74, 6) is -0.458. The maximum Gasteiger partial charge on any atom is 1.00 e. The van der Waals surface area contributed by atoms with Gasteiger partial charge >= 0.3 is 51.4 Å². The Labute approximate surface area is 152 Å². The van der Waals surface area contributed by atoms with Crippen molar-refractivity contribution < 1.29 is 70.4 Å². The van der Waals surface area contributed by atoms with Crippen molar-refractivity contribution in [3.63, 3.8) is 0 Å². The molecule has 0 saturated heterocycles. The largest absolute Gasteiger partial charge is 1.00 e. The Kier molecular flexibility index (Phi) is 5.75. The van der Waals surface area contributed by atoms with Crippen LogP contribution >= 0.6 is 0 Å². The molecule has 2 rings (SSSR count). The molecule has 0 aliphatic rings. The molecule has 0 amide bonds. The van der Waals surface area contributed by atoms with Gasteiger partial charge in [0.05, 0.1) is 11.4 Å². The molecule has 0 aliphatic carbocycles. The van der Waals surface area contributed by atoms with E-state index in [9.17, 15) is 14.7 Å². The van der Waals surface area contributed by atoms with Crippen molar-refractivity contribution >= 4 is 16.9 Å². The monoisotopic (exact) mass is 286 g/mol. The Morgan fingerprint density at radius 1 is 1.37 bits per heavy atom. The van der Waals surface area contributed by atoms with Gasteiger partial charge in [0.25, 0.3) is 0 Å². The van der Waals surface area contributed by atoms with Gasteiger partial charge in [0.2, 0.25) is 0 Å². The van der Waals surface area contributed by atoms with E-state index in [1.807, 2.05) is 0 Å². The molecule has 6 heteroatoms. The summed E-state index contributed by atoms with van der Waals surface area (Å²) in [7, 11) is 0. The number of aliphatic carboxylic acids is 1. The van der Waals surface area contributed by atoms with Crippen LogP contribution in [0.25, 0.3) is 11.0 Å². The van der Waals surface area contributed by atoms with Gasteiger partial charge in [0, 0.05) is 5.56 Å². The van der Waals surface area contributed by atoms with Crippen LogP contribution in [-0.4, -0.2) is 12.6 Å². The number of fused-ring (bicyclic) bond motifs is 1. The smallest absolute Gasteiger partial charge is 0.546 e. The van der Waals surface area contributed by atoms with Crippen molar-refractivity contribution in [1.29, 1.82) is 0 Å². The number of benzene rings is 1. The Hall–Kier alpha value is -0.664. The second-order valence-corrected chi connectivity index (χ2v) is 3.93. The fourth-order valence-electron chi connectivity index (χ4n) is 1.61. The molecule has 2 aromatic rings. The summed E-state index contributed by atoms with van der Waals surface area (Å²) in [6.45, 7) is 2.84. The van der Waals surface area contributed by atoms with Crippen LogP contribution in [0.1, 0.15) is 11.3 Å². The second-order valence-electron chi connectivity index (χ2n) is 3.93. The molecule has 1 heterocycles. The third-order valence-corrected chi connectivity index (χ3v) is 2.68. The van der Waals surface area contributed by atoms with Crippen LogP contribution in [-0.2, 0) is 4.79 Å². The molecule has 0 saturated carbocycles. The van der Waals surface area contributed by atoms with Crippen molar-refractivity contribution in [3.05, 3.63) is 39.7 Å². The Balaban J connectivity index is 0.00000180. The second kappa shape index (κ2) is 6.67. The van der Waals surface area contributed by atoms with Gasteiger partial charge < -0.3 is 19.1 Å². The van der Waals surface area contributed by atoms with Gasteiger partial charge in [-0.25, -0.2) is 0 Å². The first-order valence-corrected chi connectivity index (χ1v) is 5.36. The van der Waals surface area contributed by atoms with Crippen LogP contribution in [0.4, 0.5) is 0 Å². The number of carboxylic acid groups (broad SMARTS) is 1. The van der Waals surface area contributed by atoms with E-state index in [1.54, 1.807) is 26.0 Å². The predicted octanol–water partition coefficient (Wildman–Crippen LogP) is -2.46. The molecular formula is C13H11KO5. The first kappa shape index (κ1) is 16.4. The van der Waals surface area contributed by atoms with Crippen molar-refractivity contribution in [3.8, 4) is 5.75 Å². The number of hydrogen-bond donors (Lipinski definition) is 0. The van der Waals surface area contributed by atoms with E-state index in [0.29, 0.717) is 28.0 Å². The van der Waals surface area contributed by atoms with E-state index in [4.69, 9.17) is 9.15 Å². The third kappa shape index (κ3) is 3.67. The molecule has 19 heavy (non-hydrogen) atoms. The first-order chi connectivity index (χ1) is 8.49. The topological polar surface area (TPSA) is 79.6 Å². The summed E-state index contributed by atoms with van der Waals surface area (Å²) in [6, 6.07) is 4.59. The SMILES string of the molecule is Cc1oc2ccc(OCC(=O)[O-])cc2c(=O)c1C.[K+]. The zero-order chi connectivity index (χ0) is 13.3. The summed E-state index contributed by atoms with van der Waals surface area (Å²) in [6.07, 6.45) is 0. The van der Waals surface area contributed by atoms with Crippen LogP contribution in [0.5, 0.6) is 5.75 Å². The minimum absolute atomic E-state index is 0. The summed E-state index contributed by atoms with van der Waals surface area (Å²) in [4.78, 5) is 22.3. The molecule has 5 nitrogen and oxygen atoms in total. The van der Waals surface area contributed by atoms with E-state index in [0.717, 1.165) is 0 Å². The van der Waals surface area contributed by atoms with Gasteiger partial charge in [0.15, 0.2) is 5.43 Å². The van der Waals surface area contributed by atoms with E-state index < -0.39 is 12.6 Å². The number of rotatable bonds is 3. The van der Waals surface area contributed by atoms with Crippen molar-refractivity contribution in [1.82, 2.24) is 0 Å². The zero-order valence-corrected chi connectivity index (χ0v) is 14.1. The van der Waals surface area contributed by atoms with Crippen LogP contribution < -0.4 is 66.7 Å². The number of carboxylic acids is 1. The van der Waals surface area contributed by atoms with Crippen LogP contribution in [0, 0.1) is 13.8 Å². The van der Waals surface area contributed by atoms with E-state index in [-0.39, 0.29) is 56.8 Å². The molecular weight excluding hydrogens is 275 g/mol. The van der Waals surface area contributed by atoms with Gasteiger partial charge in [-0.15, -0.1) is 0 Å². The summed E-state index contributed by atoms with van der Waals surface area (Å²) >= 11 is 0. The van der Waals surface area contributed by atoms with Crippen molar-refractivity contribution in [2.75, 3.05) is 6.61 Å². The third-order valence-electron chi connectivity index (χ3n) is 2.68. The minimum Gasteiger partial charge on any atom is -0.546 e. The maximum atomic E-state index is 12.0. The van der Waals surface area contributed by atoms with E-state index in [2.05, 4.69) is 0 Å². The zero-order valence-electron chi connectivity index (χ0n) is 11.0. The molecule has 0 N–H and O–H groups in total. The van der Waals surface area contributed by atoms with Gasteiger partial charge in [-0.05, 0) is 32.0 Å². The molecule has 0 aliphatic heterocycles. The average Bonchev–Trinajstić information content (AvgIpc) is 2.34. The number of ether oxygens (including phenoxy) is 1. The molecule has 0 unspecified atom stereocenters. The van der Waals surface area contributed by atoms with Gasteiger partial charge in [-0.1, -0.05) is 0 Å². The van der Waals surface area contributed by atoms with Gasteiger partial charge in [0.1, 0.15) is 23.7 Å². The normalized spacial score (nSPS) is 10.0.